The molecule has 0 aromatic heterocycles. The zero-order valence-corrected chi connectivity index (χ0v) is 17.4. The van der Waals surface area contributed by atoms with Gasteiger partial charge in [-0.25, -0.2) is 0 Å². The van der Waals surface area contributed by atoms with Crippen LogP contribution < -0.4 is 10.1 Å². The summed E-state index contributed by atoms with van der Waals surface area (Å²) in [7, 11) is 2.04. The van der Waals surface area contributed by atoms with Gasteiger partial charge < -0.3 is 29.9 Å². The first-order valence-electron chi connectivity index (χ1n) is 10.5. The number of allylic oxidation sites excluding steroid dienone is 1. The molecule has 0 amide bonds. The van der Waals surface area contributed by atoms with E-state index in [1.54, 1.807) is 12.1 Å². The van der Waals surface area contributed by atoms with Crippen molar-refractivity contribution in [3.63, 3.8) is 0 Å². The van der Waals surface area contributed by atoms with E-state index in [9.17, 15) is 15.0 Å². The molecule has 0 unspecified atom stereocenters. The number of benzene rings is 1. The number of hydrogen-bond donors (Lipinski definition) is 3. The monoisotopic (exact) mass is 412 g/mol. The number of esters is 1. The van der Waals surface area contributed by atoms with Crippen molar-refractivity contribution in [1.82, 2.24) is 10.2 Å². The smallest absolute Gasteiger partial charge is 0.312 e. The van der Waals surface area contributed by atoms with E-state index in [1.807, 2.05) is 20.0 Å². The normalized spacial score (nSPS) is 33.2. The van der Waals surface area contributed by atoms with E-state index < -0.39 is 17.1 Å². The molecule has 4 atom stereocenters. The molecule has 3 N–H and O–H groups in total. The number of rotatable bonds is 5. The molecule has 4 aliphatic rings. The summed E-state index contributed by atoms with van der Waals surface area (Å²) in [6.45, 7) is 6.84. The Morgan fingerprint density at radius 2 is 2.27 bits per heavy atom. The minimum atomic E-state index is -1.05. The van der Waals surface area contributed by atoms with E-state index in [2.05, 4.69) is 16.8 Å². The molecule has 2 aliphatic carbocycles. The maximum atomic E-state index is 12.5. The van der Waals surface area contributed by atoms with E-state index in [1.165, 1.54) is 0 Å². The van der Waals surface area contributed by atoms with Crippen molar-refractivity contribution < 1.29 is 24.5 Å². The lowest BCUT2D eigenvalue weighted by atomic mass is 9.50. The number of likely N-dealkylation sites (tertiary alicyclic amines) is 1. The predicted molar refractivity (Wildman–Crippen MR) is 110 cm³/mol. The number of ether oxygens (including phenoxy) is 2. The average Bonchev–Trinajstić information content (AvgIpc) is 3.04. The number of phenolic OH excluding ortho intramolecular Hbond substituents is 1. The quantitative estimate of drug-likeness (QED) is 0.635. The van der Waals surface area contributed by atoms with Crippen molar-refractivity contribution >= 4 is 5.97 Å². The van der Waals surface area contributed by atoms with Crippen molar-refractivity contribution in [1.29, 1.82) is 0 Å². The molecule has 1 spiro atoms. The van der Waals surface area contributed by atoms with Crippen LogP contribution in [0.25, 0.3) is 0 Å². The highest BCUT2D eigenvalue weighted by Gasteiger charge is 2.72. The fourth-order valence-corrected chi connectivity index (χ4v) is 6.00. The van der Waals surface area contributed by atoms with Gasteiger partial charge in [-0.3, -0.25) is 4.79 Å². The number of nitrogens with zero attached hydrogens (tertiary/aromatic N) is 1. The molecule has 1 aromatic carbocycles. The van der Waals surface area contributed by atoms with Crippen molar-refractivity contribution in [2.75, 3.05) is 20.1 Å². The Labute approximate surface area is 176 Å². The van der Waals surface area contributed by atoms with E-state index in [-0.39, 0.29) is 24.2 Å². The van der Waals surface area contributed by atoms with Gasteiger partial charge in [-0.05, 0) is 51.1 Å². The fraction of sp³-hybridized carbons (Fsp3) is 0.522. The lowest BCUT2D eigenvalue weighted by Gasteiger charge is -2.61. The van der Waals surface area contributed by atoms with Gasteiger partial charge >= 0.3 is 5.97 Å². The molecule has 0 radical (unpaired) electrons. The summed E-state index contributed by atoms with van der Waals surface area (Å²) in [5, 5.41) is 25.6. The van der Waals surface area contributed by atoms with E-state index in [0.717, 1.165) is 23.4 Å². The van der Waals surface area contributed by atoms with Crippen LogP contribution in [0.1, 0.15) is 37.3 Å². The maximum absolute atomic E-state index is 12.5. The van der Waals surface area contributed by atoms with E-state index in [4.69, 9.17) is 9.47 Å². The highest BCUT2D eigenvalue weighted by atomic mass is 16.6. The van der Waals surface area contributed by atoms with Crippen molar-refractivity contribution in [2.24, 2.45) is 0 Å². The summed E-state index contributed by atoms with van der Waals surface area (Å²) in [5.41, 5.74) is 0.996. The van der Waals surface area contributed by atoms with Crippen LogP contribution in [0.3, 0.4) is 0 Å². The van der Waals surface area contributed by atoms with Crippen LogP contribution in [0, 0.1) is 0 Å². The van der Waals surface area contributed by atoms with Gasteiger partial charge in [-0.1, -0.05) is 12.6 Å². The van der Waals surface area contributed by atoms with Gasteiger partial charge in [0, 0.05) is 30.3 Å². The second-order valence-electron chi connectivity index (χ2n) is 9.03. The fourth-order valence-electron chi connectivity index (χ4n) is 6.00. The van der Waals surface area contributed by atoms with Gasteiger partial charge in [0.25, 0.3) is 0 Å². The van der Waals surface area contributed by atoms with Gasteiger partial charge in [0.05, 0.1) is 17.4 Å². The van der Waals surface area contributed by atoms with Gasteiger partial charge in [-0.15, -0.1) is 0 Å². The van der Waals surface area contributed by atoms with Crippen molar-refractivity contribution in [2.45, 2.75) is 55.8 Å². The number of hydrogen-bond acceptors (Lipinski definition) is 7. The molecule has 1 saturated heterocycles. The summed E-state index contributed by atoms with van der Waals surface area (Å²) >= 11 is 0. The molecule has 7 nitrogen and oxygen atoms in total. The Kier molecular flexibility index (Phi) is 4.21. The SMILES string of the molecule is C=C(C)NCCC(=O)OC1=CC[C@@]2(O)[C@H]3Cc4ccc(O)c5c4[C@@]2(CCN3C)[C@H]1O5. The van der Waals surface area contributed by atoms with E-state index >= 15 is 0 Å². The zero-order chi connectivity index (χ0) is 21.3. The summed E-state index contributed by atoms with van der Waals surface area (Å²) in [5.74, 6) is 0.563. The van der Waals surface area contributed by atoms with Crippen molar-refractivity contribution in [3.8, 4) is 11.5 Å². The highest BCUT2D eigenvalue weighted by molar-refractivity contribution is 5.72. The number of likely N-dealkylation sites (N-methyl/N-ethyl adjacent to an activating group) is 1. The number of aliphatic hydroxyl groups is 1. The molecule has 0 saturated carbocycles. The zero-order valence-electron chi connectivity index (χ0n) is 17.4. The third-order valence-corrected chi connectivity index (χ3v) is 7.34. The topological polar surface area (TPSA) is 91.3 Å². The summed E-state index contributed by atoms with van der Waals surface area (Å²) in [6, 6.07) is 3.52. The maximum Gasteiger partial charge on any atom is 0.312 e. The summed E-state index contributed by atoms with van der Waals surface area (Å²) < 4.78 is 12.0. The summed E-state index contributed by atoms with van der Waals surface area (Å²) in [6.07, 6.45) is 3.10. The molecule has 2 aliphatic heterocycles. The number of piperidine rings is 1. The minimum Gasteiger partial charge on any atom is -0.504 e. The summed E-state index contributed by atoms with van der Waals surface area (Å²) in [4.78, 5) is 14.7. The van der Waals surface area contributed by atoms with Crippen LogP contribution in [0.5, 0.6) is 11.5 Å². The van der Waals surface area contributed by atoms with Crippen LogP contribution in [0.4, 0.5) is 0 Å². The van der Waals surface area contributed by atoms with E-state index in [0.29, 0.717) is 37.3 Å². The Hall–Kier alpha value is -2.51. The minimum absolute atomic E-state index is 0.0615. The van der Waals surface area contributed by atoms with Gasteiger partial charge in [0.1, 0.15) is 5.76 Å². The number of phenols is 1. The number of aromatic hydroxyl groups is 1. The lowest BCUT2D eigenvalue weighted by molar-refractivity contribution is -0.169. The Morgan fingerprint density at radius 3 is 3.03 bits per heavy atom. The van der Waals surface area contributed by atoms with Crippen LogP contribution in [0.15, 0.2) is 36.2 Å². The molecule has 30 heavy (non-hydrogen) atoms. The molecule has 160 valence electrons. The van der Waals surface area contributed by atoms with Gasteiger partial charge in [0.2, 0.25) is 0 Å². The molecular weight excluding hydrogens is 384 g/mol. The van der Waals surface area contributed by atoms with Gasteiger partial charge in [0.15, 0.2) is 17.6 Å². The second kappa shape index (κ2) is 6.49. The van der Waals surface area contributed by atoms with Crippen LogP contribution in [-0.2, 0) is 21.4 Å². The highest BCUT2D eigenvalue weighted by Crippen LogP contribution is 2.65. The number of carbonyl (C=O) groups excluding carboxylic acids is 1. The lowest BCUT2D eigenvalue weighted by Crippen LogP contribution is -2.74. The molecule has 7 heteroatoms. The van der Waals surface area contributed by atoms with Crippen LogP contribution in [-0.4, -0.2) is 59.0 Å². The largest absolute Gasteiger partial charge is 0.504 e. The van der Waals surface area contributed by atoms with Crippen LogP contribution in [0.2, 0.25) is 0 Å². The van der Waals surface area contributed by atoms with Crippen molar-refractivity contribution in [3.05, 3.63) is 47.4 Å². The molecule has 5 rings (SSSR count). The third kappa shape index (κ3) is 2.42. The predicted octanol–water partition coefficient (Wildman–Crippen LogP) is 1.73. The second-order valence-corrected chi connectivity index (χ2v) is 9.03. The first kappa shape index (κ1) is 19.5. The molecule has 1 aromatic rings. The van der Waals surface area contributed by atoms with Crippen LogP contribution >= 0.6 is 0 Å². The first-order valence-corrected chi connectivity index (χ1v) is 10.5. The molecule has 1 fully saturated rings. The Bertz CT molecular complexity index is 973. The Morgan fingerprint density at radius 1 is 1.47 bits per heavy atom. The number of nitrogens with one attached hydrogen (secondary N) is 1. The van der Waals surface area contributed by atoms with Gasteiger partial charge in [-0.2, -0.15) is 0 Å². The molecule has 2 heterocycles. The average molecular weight is 412 g/mol. The Balaban J connectivity index is 1.53. The number of carbonyl (C=O) groups is 1. The standard InChI is InChI=1S/C23H28N2O5/c1-13(2)24-10-7-18(27)29-16-6-8-23(28)17-12-14-4-5-15(26)20-19(14)22(23,21(16)30-20)9-11-25(17)3/h4-6,17,21,24,26,28H,1,7-12H2,2-3H3/t17-,21+,22+,23-/m1/s1. The first-order chi connectivity index (χ1) is 14.3. The molecule has 2 bridgehead atoms. The third-order valence-electron chi connectivity index (χ3n) is 7.34. The molecular formula is C23H28N2O5.